The molecule has 1 aliphatic rings. The van der Waals surface area contributed by atoms with Crippen LogP contribution in [0.15, 0.2) is 47.6 Å². The lowest BCUT2D eigenvalue weighted by atomic mass is 9.96. The second-order valence-corrected chi connectivity index (χ2v) is 7.41. The number of aryl methyl sites for hydroxylation is 1. The molecule has 0 saturated carbocycles. The van der Waals surface area contributed by atoms with Crippen LogP contribution in [0.4, 0.5) is 5.82 Å². The van der Waals surface area contributed by atoms with Gasteiger partial charge in [-0.15, -0.1) is 24.0 Å². The van der Waals surface area contributed by atoms with Gasteiger partial charge in [-0.25, -0.2) is 4.98 Å². The smallest absolute Gasteiger partial charge is 0.220 e. The number of benzene rings is 1. The maximum atomic E-state index is 11.4. The quantitative estimate of drug-likeness (QED) is 0.308. The number of piperidine rings is 1. The average molecular weight is 522 g/mol. The van der Waals surface area contributed by atoms with Crippen LogP contribution in [-0.2, 0) is 17.9 Å². The van der Waals surface area contributed by atoms with E-state index in [0.717, 1.165) is 43.3 Å². The predicted octanol–water partition coefficient (Wildman–Crippen LogP) is 2.57. The van der Waals surface area contributed by atoms with Gasteiger partial charge in [0, 0.05) is 50.9 Å². The van der Waals surface area contributed by atoms with E-state index in [1.54, 1.807) is 7.05 Å². The Morgan fingerprint density at radius 3 is 2.47 bits per heavy atom. The Kier molecular flexibility index (Phi) is 9.35. The third kappa shape index (κ3) is 6.58. The first-order valence-corrected chi connectivity index (χ1v) is 10.0. The monoisotopic (exact) mass is 522 g/mol. The van der Waals surface area contributed by atoms with Gasteiger partial charge >= 0.3 is 0 Å². The summed E-state index contributed by atoms with van der Waals surface area (Å²) in [6.07, 6.45) is 3.36. The van der Waals surface area contributed by atoms with E-state index in [1.165, 1.54) is 11.1 Å². The summed E-state index contributed by atoms with van der Waals surface area (Å²) in [5.74, 6) is 1.47. The number of carbonyl (C=O) groups excluding carboxylic acids is 1. The number of aliphatic imine (C=N–C) groups is 1. The van der Waals surface area contributed by atoms with Gasteiger partial charge < -0.3 is 21.3 Å². The molecule has 2 aromatic rings. The molecule has 0 radical (unpaired) electrons. The largest absolute Gasteiger partial charge is 0.369 e. The summed E-state index contributed by atoms with van der Waals surface area (Å²) >= 11 is 0. The maximum Gasteiger partial charge on any atom is 0.220 e. The first-order valence-electron chi connectivity index (χ1n) is 10.0. The zero-order chi connectivity index (χ0) is 20.6. The first kappa shape index (κ1) is 23.9. The Bertz CT molecular complexity index is 847. The minimum atomic E-state index is -0.198. The van der Waals surface area contributed by atoms with Crippen molar-refractivity contribution in [1.82, 2.24) is 15.6 Å². The van der Waals surface area contributed by atoms with Crippen molar-refractivity contribution in [2.45, 2.75) is 32.9 Å². The van der Waals surface area contributed by atoms with Crippen LogP contribution in [0.2, 0.25) is 0 Å². The molecule has 0 bridgehead atoms. The number of aromatic nitrogens is 1. The predicted molar refractivity (Wildman–Crippen MR) is 132 cm³/mol. The number of hydrogen-bond donors (Lipinski definition) is 3. The Labute approximate surface area is 195 Å². The number of carbonyl (C=O) groups is 1. The van der Waals surface area contributed by atoms with Gasteiger partial charge in [0.1, 0.15) is 5.82 Å². The molecule has 7 nitrogen and oxygen atoms in total. The van der Waals surface area contributed by atoms with E-state index < -0.39 is 0 Å². The molecule has 1 aliphatic heterocycles. The number of guanidine groups is 1. The number of nitrogens with two attached hydrogens (primary N) is 1. The summed E-state index contributed by atoms with van der Waals surface area (Å²) in [7, 11) is 1.77. The molecular formula is C22H31IN6O. The van der Waals surface area contributed by atoms with Crippen molar-refractivity contribution >= 4 is 41.7 Å². The molecular weight excluding hydrogens is 491 g/mol. The molecule has 30 heavy (non-hydrogen) atoms. The topological polar surface area (TPSA) is 95.6 Å². The Hall–Kier alpha value is -2.36. The summed E-state index contributed by atoms with van der Waals surface area (Å²) in [5.41, 5.74) is 9.01. The molecule has 1 saturated heterocycles. The lowest BCUT2D eigenvalue weighted by Crippen LogP contribution is -2.40. The van der Waals surface area contributed by atoms with Gasteiger partial charge in [-0.2, -0.15) is 0 Å². The van der Waals surface area contributed by atoms with Crippen molar-refractivity contribution in [3.63, 3.8) is 0 Å². The van der Waals surface area contributed by atoms with Crippen LogP contribution in [0.5, 0.6) is 0 Å². The van der Waals surface area contributed by atoms with Gasteiger partial charge in [0.05, 0.1) is 0 Å². The summed E-state index contributed by atoms with van der Waals surface area (Å²) in [5, 5.41) is 6.72. The number of nitrogens with one attached hydrogen (secondary N) is 2. The molecule has 1 fully saturated rings. The fourth-order valence-electron chi connectivity index (χ4n) is 3.52. The molecule has 4 N–H and O–H groups in total. The zero-order valence-corrected chi connectivity index (χ0v) is 19.9. The van der Waals surface area contributed by atoms with Crippen molar-refractivity contribution in [2.75, 3.05) is 25.0 Å². The number of rotatable bonds is 6. The normalized spacial score (nSPS) is 14.7. The van der Waals surface area contributed by atoms with Gasteiger partial charge in [-0.3, -0.25) is 9.79 Å². The van der Waals surface area contributed by atoms with E-state index in [2.05, 4.69) is 62.8 Å². The van der Waals surface area contributed by atoms with E-state index >= 15 is 0 Å². The number of pyridine rings is 1. The Morgan fingerprint density at radius 2 is 1.83 bits per heavy atom. The van der Waals surface area contributed by atoms with Crippen molar-refractivity contribution in [3.8, 4) is 0 Å². The highest BCUT2D eigenvalue weighted by atomic mass is 127. The van der Waals surface area contributed by atoms with Crippen LogP contribution >= 0.6 is 24.0 Å². The van der Waals surface area contributed by atoms with Crippen LogP contribution in [0.1, 0.15) is 29.5 Å². The molecule has 8 heteroatoms. The van der Waals surface area contributed by atoms with Gasteiger partial charge in [0.2, 0.25) is 5.91 Å². The third-order valence-electron chi connectivity index (χ3n) is 5.31. The van der Waals surface area contributed by atoms with Crippen molar-refractivity contribution in [1.29, 1.82) is 0 Å². The van der Waals surface area contributed by atoms with Crippen LogP contribution in [0, 0.1) is 12.8 Å². The molecule has 0 atom stereocenters. The number of anilines is 1. The fraction of sp³-hybridized carbons (Fsp3) is 0.409. The summed E-state index contributed by atoms with van der Waals surface area (Å²) < 4.78 is 0. The molecule has 162 valence electrons. The summed E-state index contributed by atoms with van der Waals surface area (Å²) in [6.45, 7) is 4.99. The highest BCUT2D eigenvalue weighted by Crippen LogP contribution is 2.24. The second kappa shape index (κ2) is 11.7. The Morgan fingerprint density at radius 1 is 1.17 bits per heavy atom. The van der Waals surface area contributed by atoms with E-state index in [9.17, 15) is 4.79 Å². The van der Waals surface area contributed by atoms with Gasteiger partial charge in [-0.05, 0) is 31.4 Å². The molecule has 0 unspecified atom stereocenters. The zero-order valence-electron chi connectivity index (χ0n) is 17.6. The highest BCUT2D eigenvalue weighted by molar-refractivity contribution is 14.0. The van der Waals surface area contributed by atoms with E-state index in [1.807, 2.05) is 12.3 Å². The van der Waals surface area contributed by atoms with Gasteiger partial charge in [0.15, 0.2) is 5.96 Å². The third-order valence-corrected chi connectivity index (χ3v) is 5.31. The van der Waals surface area contributed by atoms with Crippen LogP contribution < -0.4 is 21.3 Å². The Balaban J connectivity index is 0.00000320. The highest BCUT2D eigenvalue weighted by Gasteiger charge is 2.24. The van der Waals surface area contributed by atoms with Crippen LogP contribution in [0.3, 0.4) is 0 Å². The fourth-order valence-corrected chi connectivity index (χ4v) is 3.52. The van der Waals surface area contributed by atoms with Crippen molar-refractivity contribution in [2.24, 2.45) is 16.6 Å². The van der Waals surface area contributed by atoms with E-state index in [4.69, 9.17) is 5.73 Å². The molecule has 1 aromatic heterocycles. The minimum absolute atomic E-state index is 0. The molecule has 0 aliphatic carbocycles. The number of primary amides is 1. The number of nitrogens with zero attached hydrogens (tertiary/aromatic N) is 3. The van der Waals surface area contributed by atoms with Crippen molar-refractivity contribution < 1.29 is 4.79 Å². The number of amides is 1. The number of hydrogen-bond acceptors (Lipinski definition) is 4. The van der Waals surface area contributed by atoms with Crippen LogP contribution in [-0.4, -0.2) is 37.0 Å². The lowest BCUT2D eigenvalue weighted by Gasteiger charge is -2.32. The van der Waals surface area contributed by atoms with Crippen molar-refractivity contribution in [3.05, 3.63) is 59.3 Å². The number of halogens is 1. The molecule has 3 rings (SSSR count). The van der Waals surface area contributed by atoms with E-state index in [0.29, 0.717) is 13.1 Å². The first-order chi connectivity index (χ1) is 14.1. The SMILES string of the molecule is CN=C(NCc1ccc(C)cc1)NCc1cccnc1N1CCC(C(N)=O)CC1.I. The van der Waals surface area contributed by atoms with Gasteiger partial charge in [0.25, 0.3) is 0 Å². The van der Waals surface area contributed by atoms with Gasteiger partial charge in [-0.1, -0.05) is 35.9 Å². The second-order valence-electron chi connectivity index (χ2n) is 7.41. The molecule has 1 amide bonds. The molecule has 0 spiro atoms. The van der Waals surface area contributed by atoms with Crippen LogP contribution in [0.25, 0.3) is 0 Å². The summed E-state index contributed by atoms with van der Waals surface area (Å²) in [4.78, 5) is 22.6. The molecule has 2 heterocycles. The minimum Gasteiger partial charge on any atom is -0.369 e. The average Bonchev–Trinajstić information content (AvgIpc) is 2.75. The summed E-state index contributed by atoms with van der Waals surface area (Å²) in [6, 6.07) is 12.5. The standard InChI is InChI=1S/C22H30N6O.HI/c1-16-5-7-17(8-6-16)14-26-22(24-2)27-15-19-4-3-11-25-21(19)28-12-9-18(10-13-28)20(23)29;/h3-8,11,18H,9-10,12-15H2,1-2H3,(H2,23,29)(H2,24,26,27);1H. The maximum absolute atomic E-state index is 11.4. The lowest BCUT2D eigenvalue weighted by molar-refractivity contribution is -0.122. The van der Waals surface area contributed by atoms with E-state index in [-0.39, 0.29) is 35.8 Å². The molecule has 1 aromatic carbocycles.